The van der Waals surface area contributed by atoms with E-state index in [1.165, 1.54) is 19.3 Å². The molecule has 0 aromatic carbocycles. The van der Waals surface area contributed by atoms with E-state index in [-0.39, 0.29) is 5.75 Å². The maximum Gasteiger partial charge on any atom is 0.150 e. The smallest absolute Gasteiger partial charge is 0.150 e. The Labute approximate surface area is 125 Å². The predicted molar refractivity (Wildman–Crippen MR) is 86.7 cm³/mol. The summed E-state index contributed by atoms with van der Waals surface area (Å²) in [5.41, 5.74) is 0.332. The second-order valence-corrected chi connectivity index (χ2v) is 9.80. The Balaban J connectivity index is 2.69. The Hall–Kier alpha value is -0.0900. The summed E-state index contributed by atoms with van der Waals surface area (Å²) >= 11 is 0. The summed E-state index contributed by atoms with van der Waals surface area (Å²) in [5.74, 6) is 1.85. The van der Waals surface area contributed by atoms with Gasteiger partial charge in [-0.1, -0.05) is 34.6 Å². The summed E-state index contributed by atoms with van der Waals surface area (Å²) in [6.07, 6.45) is 4.44. The van der Waals surface area contributed by atoms with Gasteiger partial charge in [-0.05, 0) is 49.5 Å². The lowest BCUT2D eigenvalue weighted by Gasteiger charge is -2.42. The van der Waals surface area contributed by atoms with Crippen LogP contribution in [0, 0.1) is 17.3 Å². The fraction of sp³-hybridized carbons (Fsp3) is 1.00. The minimum Gasteiger partial charge on any atom is -0.314 e. The van der Waals surface area contributed by atoms with Gasteiger partial charge in [-0.15, -0.1) is 0 Å². The first-order valence-corrected chi connectivity index (χ1v) is 9.95. The van der Waals surface area contributed by atoms with Crippen LogP contribution in [0.1, 0.15) is 60.3 Å². The SMILES string of the molecule is CCNC1CCC(C(C)(C)C)CC1CCS(=O)(=O)CC. The molecule has 1 aliphatic carbocycles. The number of sulfone groups is 1. The summed E-state index contributed by atoms with van der Waals surface area (Å²) in [6.45, 7) is 11.8. The van der Waals surface area contributed by atoms with Gasteiger partial charge in [0.25, 0.3) is 0 Å². The highest BCUT2D eigenvalue weighted by atomic mass is 32.2. The highest BCUT2D eigenvalue weighted by Crippen LogP contribution is 2.41. The summed E-state index contributed by atoms with van der Waals surface area (Å²) in [7, 11) is -2.84. The molecule has 4 heteroatoms. The van der Waals surface area contributed by atoms with Crippen LogP contribution < -0.4 is 5.32 Å². The molecule has 0 amide bonds. The van der Waals surface area contributed by atoms with Crippen molar-refractivity contribution in [2.75, 3.05) is 18.1 Å². The van der Waals surface area contributed by atoms with E-state index in [4.69, 9.17) is 0 Å². The van der Waals surface area contributed by atoms with Gasteiger partial charge in [0.2, 0.25) is 0 Å². The third-order valence-corrected chi connectivity index (χ3v) is 6.65. The van der Waals surface area contributed by atoms with Gasteiger partial charge in [-0.2, -0.15) is 0 Å². The van der Waals surface area contributed by atoms with E-state index in [1.807, 2.05) is 0 Å². The summed E-state index contributed by atoms with van der Waals surface area (Å²) in [6, 6.07) is 0.505. The predicted octanol–water partition coefficient (Wildman–Crippen LogP) is 3.25. The molecule has 1 fully saturated rings. The van der Waals surface area contributed by atoms with Crippen LogP contribution in [-0.2, 0) is 9.84 Å². The Morgan fingerprint density at radius 2 is 1.80 bits per heavy atom. The lowest BCUT2D eigenvalue weighted by Crippen LogP contribution is -2.43. The first kappa shape index (κ1) is 18.0. The Morgan fingerprint density at radius 1 is 1.15 bits per heavy atom. The van der Waals surface area contributed by atoms with Gasteiger partial charge < -0.3 is 5.32 Å². The van der Waals surface area contributed by atoms with Gasteiger partial charge >= 0.3 is 0 Å². The molecule has 0 aromatic heterocycles. The molecule has 0 aromatic rings. The number of nitrogens with one attached hydrogen (secondary N) is 1. The quantitative estimate of drug-likeness (QED) is 0.819. The minimum absolute atomic E-state index is 0.272. The van der Waals surface area contributed by atoms with Gasteiger partial charge in [0.05, 0.1) is 5.75 Å². The van der Waals surface area contributed by atoms with Gasteiger partial charge in [-0.25, -0.2) is 8.42 Å². The van der Waals surface area contributed by atoms with Crippen LogP contribution >= 0.6 is 0 Å². The molecule has 0 spiro atoms. The molecule has 1 saturated carbocycles. The van der Waals surface area contributed by atoms with Crippen molar-refractivity contribution in [3.63, 3.8) is 0 Å². The average Bonchev–Trinajstić information content (AvgIpc) is 2.36. The second-order valence-electron chi connectivity index (χ2n) is 7.33. The summed E-state index contributed by atoms with van der Waals surface area (Å²) in [5, 5.41) is 3.57. The van der Waals surface area contributed by atoms with Crippen LogP contribution in [0.25, 0.3) is 0 Å². The van der Waals surface area contributed by atoms with E-state index in [2.05, 4.69) is 33.0 Å². The molecule has 1 N–H and O–H groups in total. The van der Waals surface area contributed by atoms with Crippen molar-refractivity contribution in [1.29, 1.82) is 0 Å². The maximum atomic E-state index is 11.8. The van der Waals surface area contributed by atoms with Crippen LogP contribution in [0.15, 0.2) is 0 Å². The summed E-state index contributed by atoms with van der Waals surface area (Å²) < 4.78 is 23.5. The van der Waals surface area contributed by atoms with E-state index in [0.717, 1.165) is 13.0 Å². The van der Waals surface area contributed by atoms with Crippen molar-refractivity contribution >= 4 is 9.84 Å². The zero-order valence-electron chi connectivity index (χ0n) is 13.9. The van der Waals surface area contributed by atoms with E-state index in [9.17, 15) is 8.42 Å². The van der Waals surface area contributed by atoms with Crippen molar-refractivity contribution in [2.24, 2.45) is 17.3 Å². The van der Waals surface area contributed by atoms with Gasteiger partial charge in [-0.3, -0.25) is 0 Å². The highest BCUT2D eigenvalue weighted by molar-refractivity contribution is 7.91. The topological polar surface area (TPSA) is 46.2 Å². The van der Waals surface area contributed by atoms with Crippen molar-refractivity contribution < 1.29 is 8.42 Å². The Morgan fingerprint density at radius 3 is 2.30 bits per heavy atom. The van der Waals surface area contributed by atoms with Crippen molar-refractivity contribution in [1.82, 2.24) is 5.32 Å². The van der Waals surface area contributed by atoms with Crippen LogP contribution in [0.4, 0.5) is 0 Å². The number of hydrogen-bond donors (Lipinski definition) is 1. The molecule has 0 aliphatic heterocycles. The number of hydrogen-bond acceptors (Lipinski definition) is 3. The van der Waals surface area contributed by atoms with E-state index in [0.29, 0.717) is 29.0 Å². The molecule has 3 atom stereocenters. The standard InChI is InChI=1S/C16H33NO2S/c1-6-17-15-9-8-14(16(3,4)5)12-13(15)10-11-20(18,19)7-2/h13-15,17H,6-12H2,1-5H3. The summed E-state index contributed by atoms with van der Waals surface area (Å²) in [4.78, 5) is 0. The van der Waals surface area contributed by atoms with E-state index in [1.54, 1.807) is 6.92 Å². The van der Waals surface area contributed by atoms with Gasteiger partial charge in [0, 0.05) is 11.8 Å². The largest absolute Gasteiger partial charge is 0.314 e. The Bertz CT molecular complexity index is 384. The first-order valence-electron chi connectivity index (χ1n) is 8.13. The lowest BCUT2D eigenvalue weighted by atomic mass is 9.67. The average molecular weight is 304 g/mol. The first-order chi connectivity index (χ1) is 9.19. The van der Waals surface area contributed by atoms with Gasteiger partial charge in [0.1, 0.15) is 9.84 Å². The monoisotopic (exact) mass is 303 g/mol. The van der Waals surface area contributed by atoms with Crippen molar-refractivity contribution in [3.8, 4) is 0 Å². The minimum atomic E-state index is -2.84. The molecule has 0 heterocycles. The van der Waals surface area contributed by atoms with Crippen LogP contribution in [-0.4, -0.2) is 32.5 Å². The van der Waals surface area contributed by atoms with E-state index >= 15 is 0 Å². The molecule has 0 radical (unpaired) electrons. The second kappa shape index (κ2) is 7.26. The lowest BCUT2D eigenvalue weighted by molar-refractivity contribution is 0.113. The van der Waals surface area contributed by atoms with Gasteiger partial charge in [0.15, 0.2) is 0 Å². The fourth-order valence-electron chi connectivity index (χ4n) is 3.38. The van der Waals surface area contributed by atoms with Crippen LogP contribution in [0.3, 0.4) is 0 Å². The van der Waals surface area contributed by atoms with Crippen LogP contribution in [0.2, 0.25) is 0 Å². The third-order valence-electron chi connectivity index (χ3n) is 4.91. The zero-order valence-corrected chi connectivity index (χ0v) is 14.7. The Kier molecular flexibility index (Phi) is 6.52. The normalized spacial score (nSPS) is 28.6. The molecule has 20 heavy (non-hydrogen) atoms. The third kappa shape index (κ3) is 5.36. The molecule has 120 valence electrons. The fourth-order valence-corrected chi connectivity index (χ4v) is 4.33. The zero-order chi connectivity index (χ0) is 15.4. The maximum absolute atomic E-state index is 11.8. The number of rotatable bonds is 6. The molecular formula is C16H33NO2S. The molecular weight excluding hydrogens is 270 g/mol. The molecule has 0 bridgehead atoms. The molecule has 1 aliphatic rings. The highest BCUT2D eigenvalue weighted by Gasteiger charge is 2.35. The van der Waals surface area contributed by atoms with E-state index < -0.39 is 9.84 Å². The molecule has 3 nitrogen and oxygen atoms in total. The molecule has 3 unspecified atom stereocenters. The van der Waals surface area contributed by atoms with Crippen molar-refractivity contribution in [2.45, 2.75) is 66.3 Å². The van der Waals surface area contributed by atoms with Crippen molar-refractivity contribution in [3.05, 3.63) is 0 Å². The molecule has 0 saturated heterocycles. The van der Waals surface area contributed by atoms with Crippen LogP contribution in [0.5, 0.6) is 0 Å². The molecule has 1 rings (SSSR count).